The summed E-state index contributed by atoms with van der Waals surface area (Å²) in [7, 11) is 0. The van der Waals surface area contributed by atoms with E-state index in [0.717, 1.165) is 0 Å². The van der Waals surface area contributed by atoms with Crippen LogP contribution < -0.4 is 16.4 Å². The van der Waals surface area contributed by atoms with Crippen LogP contribution in [0.2, 0.25) is 0 Å². The molecule has 0 aliphatic carbocycles. The Bertz CT molecular complexity index is 484. The molecule has 1 aromatic heterocycles. The molecular weight excluding hydrogens is 230 g/mol. The Morgan fingerprint density at radius 2 is 2.22 bits per heavy atom. The topological polar surface area (TPSA) is 104 Å². The number of nitrogens with two attached hydrogens (primary N) is 1. The third-order valence-electron chi connectivity index (χ3n) is 1.96. The van der Waals surface area contributed by atoms with Crippen molar-refractivity contribution in [2.75, 3.05) is 17.6 Å². The van der Waals surface area contributed by atoms with Gasteiger partial charge in [0.05, 0.1) is 24.0 Å². The van der Waals surface area contributed by atoms with Gasteiger partial charge in [-0.25, -0.2) is 4.98 Å². The predicted molar refractivity (Wildman–Crippen MR) is 69.7 cm³/mol. The molecule has 0 aliphatic heterocycles. The third-order valence-corrected chi connectivity index (χ3v) is 1.96. The van der Waals surface area contributed by atoms with E-state index < -0.39 is 0 Å². The molecule has 0 atom stereocenters. The molecule has 4 N–H and O–H groups in total. The molecule has 6 heteroatoms. The zero-order valence-corrected chi connectivity index (χ0v) is 10.7. The molecule has 1 rings (SSSR count). The average molecular weight is 247 g/mol. The van der Waals surface area contributed by atoms with Gasteiger partial charge in [-0.15, -0.1) is 0 Å². The van der Waals surface area contributed by atoms with Crippen LogP contribution >= 0.6 is 0 Å². The van der Waals surface area contributed by atoms with Gasteiger partial charge in [-0.2, -0.15) is 5.26 Å². The summed E-state index contributed by atoms with van der Waals surface area (Å²) in [6.07, 6.45) is 1.44. The van der Waals surface area contributed by atoms with Gasteiger partial charge in [-0.3, -0.25) is 4.79 Å². The highest BCUT2D eigenvalue weighted by molar-refractivity contribution is 5.81. The number of nitrogens with zero attached hydrogens (tertiary/aromatic N) is 2. The SMILES string of the molecule is CC(C)(C)NC(=O)CNc1ncc(N)cc1C#N. The van der Waals surface area contributed by atoms with Crippen molar-refractivity contribution in [1.82, 2.24) is 10.3 Å². The van der Waals surface area contributed by atoms with Crippen molar-refractivity contribution in [3.05, 3.63) is 17.8 Å². The number of aromatic nitrogens is 1. The predicted octanol–water partition coefficient (Wildman–Crippen LogP) is 0.862. The lowest BCUT2D eigenvalue weighted by Crippen LogP contribution is -2.43. The number of pyridine rings is 1. The van der Waals surface area contributed by atoms with Gasteiger partial charge in [0.25, 0.3) is 0 Å². The number of nitrogen functional groups attached to an aromatic ring is 1. The van der Waals surface area contributed by atoms with Gasteiger partial charge in [0.1, 0.15) is 11.9 Å². The number of rotatable bonds is 3. The lowest BCUT2D eigenvalue weighted by molar-refractivity contribution is -0.120. The van der Waals surface area contributed by atoms with E-state index in [1.165, 1.54) is 12.3 Å². The van der Waals surface area contributed by atoms with E-state index in [1.807, 2.05) is 26.8 Å². The first-order valence-electron chi connectivity index (χ1n) is 5.52. The zero-order chi connectivity index (χ0) is 13.8. The Kier molecular flexibility index (Phi) is 4.10. The van der Waals surface area contributed by atoms with Gasteiger partial charge in [0.2, 0.25) is 5.91 Å². The lowest BCUT2D eigenvalue weighted by atomic mass is 10.1. The molecule has 0 spiro atoms. The second-order valence-electron chi connectivity index (χ2n) is 4.93. The fraction of sp³-hybridized carbons (Fsp3) is 0.417. The van der Waals surface area contributed by atoms with Crippen LogP contribution in [-0.4, -0.2) is 23.0 Å². The Morgan fingerprint density at radius 3 is 2.78 bits per heavy atom. The van der Waals surface area contributed by atoms with Gasteiger partial charge in [-0.05, 0) is 26.8 Å². The van der Waals surface area contributed by atoms with Crippen molar-refractivity contribution in [1.29, 1.82) is 5.26 Å². The molecule has 6 nitrogen and oxygen atoms in total. The smallest absolute Gasteiger partial charge is 0.239 e. The summed E-state index contributed by atoms with van der Waals surface area (Å²) in [5, 5.41) is 14.5. The minimum atomic E-state index is -0.286. The highest BCUT2D eigenvalue weighted by atomic mass is 16.2. The normalized spacial score (nSPS) is 10.6. The quantitative estimate of drug-likeness (QED) is 0.735. The molecule has 1 amide bonds. The maximum absolute atomic E-state index is 11.6. The lowest BCUT2D eigenvalue weighted by Gasteiger charge is -2.20. The molecule has 0 radical (unpaired) electrons. The van der Waals surface area contributed by atoms with E-state index >= 15 is 0 Å². The van der Waals surface area contributed by atoms with Gasteiger partial charge in [-0.1, -0.05) is 0 Å². The third kappa shape index (κ3) is 4.29. The van der Waals surface area contributed by atoms with Crippen molar-refractivity contribution in [3.8, 4) is 6.07 Å². The van der Waals surface area contributed by atoms with E-state index in [-0.39, 0.29) is 18.0 Å². The number of carbonyl (C=O) groups is 1. The molecule has 0 aromatic carbocycles. The van der Waals surface area contributed by atoms with Crippen molar-refractivity contribution in [2.45, 2.75) is 26.3 Å². The number of carbonyl (C=O) groups excluding carboxylic acids is 1. The molecule has 0 aliphatic rings. The summed E-state index contributed by atoms with van der Waals surface area (Å²) in [5.74, 6) is 0.195. The first kappa shape index (κ1) is 13.8. The molecule has 1 aromatic rings. The van der Waals surface area contributed by atoms with E-state index in [2.05, 4.69) is 15.6 Å². The molecule has 0 bridgehead atoms. The first-order valence-corrected chi connectivity index (χ1v) is 5.52. The largest absolute Gasteiger partial charge is 0.397 e. The number of hydrogen-bond donors (Lipinski definition) is 3. The Balaban J connectivity index is 2.65. The number of hydrogen-bond acceptors (Lipinski definition) is 5. The summed E-state index contributed by atoms with van der Waals surface area (Å²) in [5.41, 5.74) is 5.97. The first-order chi connectivity index (χ1) is 8.31. The minimum Gasteiger partial charge on any atom is -0.397 e. The average Bonchev–Trinajstić information content (AvgIpc) is 2.24. The zero-order valence-electron chi connectivity index (χ0n) is 10.7. The second-order valence-corrected chi connectivity index (χ2v) is 4.93. The molecule has 18 heavy (non-hydrogen) atoms. The molecule has 0 fully saturated rings. The van der Waals surface area contributed by atoms with Crippen molar-refractivity contribution < 1.29 is 4.79 Å². The number of nitrogens with one attached hydrogen (secondary N) is 2. The van der Waals surface area contributed by atoms with Crippen LogP contribution in [0.5, 0.6) is 0 Å². The van der Waals surface area contributed by atoms with E-state index in [1.54, 1.807) is 0 Å². The van der Waals surface area contributed by atoms with E-state index in [9.17, 15) is 4.79 Å². The molecule has 0 saturated carbocycles. The van der Waals surface area contributed by atoms with Crippen molar-refractivity contribution in [3.63, 3.8) is 0 Å². The van der Waals surface area contributed by atoms with Crippen LogP contribution in [0.1, 0.15) is 26.3 Å². The Labute approximate surface area is 106 Å². The van der Waals surface area contributed by atoms with Crippen LogP contribution in [0.15, 0.2) is 12.3 Å². The van der Waals surface area contributed by atoms with Gasteiger partial charge in [0.15, 0.2) is 0 Å². The van der Waals surface area contributed by atoms with Gasteiger partial charge in [0, 0.05) is 5.54 Å². The van der Waals surface area contributed by atoms with Crippen LogP contribution in [0.25, 0.3) is 0 Å². The number of nitriles is 1. The molecule has 1 heterocycles. The molecule has 0 unspecified atom stereocenters. The van der Waals surface area contributed by atoms with Crippen molar-refractivity contribution in [2.24, 2.45) is 0 Å². The van der Waals surface area contributed by atoms with Gasteiger partial charge < -0.3 is 16.4 Å². The second kappa shape index (κ2) is 5.36. The molecule has 96 valence electrons. The molecular formula is C12H17N5O. The monoisotopic (exact) mass is 247 g/mol. The van der Waals surface area contributed by atoms with Gasteiger partial charge >= 0.3 is 0 Å². The maximum Gasteiger partial charge on any atom is 0.239 e. The standard InChI is InChI=1S/C12H17N5O/c1-12(2,3)17-10(18)7-16-11-8(5-13)4-9(14)6-15-11/h4,6H,7,14H2,1-3H3,(H,15,16)(H,17,18). The summed E-state index contributed by atoms with van der Waals surface area (Å²) in [4.78, 5) is 15.6. The fourth-order valence-electron chi connectivity index (χ4n) is 1.33. The van der Waals surface area contributed by atoms with Crippen LogP contribution in [0, 0.1) is 11.3 Å². The Morgan fingerprint density at radius 1 is 1.56 bits per heavy atom. The summed E-state index contributed by atoms with van der Waals surface area (Å²) >= 11 is 0. The Hall–Kier alpha value is -2.29. The van der Waals surface area contributed by atoms with E-state index in [0.29, 0.717) is 17.1 Å². The molecule has 0 saturated heterocycles. The number of amides is 1. The maximum atomic E-state index is 11.6. The highest BCUT2D eigenvalue weighted by Crippen LogP contribution is 2.13. The van der Waals surface area contributed by atoms with E-state index in [4.69, 9.17) is 11.0 Å². The van der Waals surface area contributed by atoms with Crippen LogP contribution in [0.3, 0.4) is 0 Å². The van der Waals surface area contributed by atoms with Crippen LogP contribution in [0.4, 0.5) is 11.5 Å². The number of anilines is 2. The van der Waals surface area contributed by atoms with Crippen LogP contribution in [-0.2, 0) is 4.79 Å². The summed E-state index contributed by atoms with van der Waals surface area (Å²) in [6.45, 7) is 5.75. The van der Waals surface area contributed by atoms with Crippen molar-refractivity contribution >= 4 is 17.4 Å². The minimum absolute atomic E-state index is 0.0584. The summed E-state index contributed by atoms with van der Waals surface area (Å²) in [6, 6.07) is 3.48. The summed E-state index contributed by atoms with van der Waals surface area (Å²) < 4.78 is 0. The highest BCUT2D eigenvalue weighted by Gasteiger charge is 2.14. The fourth-order valence-corrected chi connectivity index (χ4v) is 1.33.